The molecule has 3 aromatic carbocycles. The molecule has 3 amide bonds. The standard InChI is InChI=1S/C35H34N2O7/c1-20(2)18-43-34(41)22-8-12-25(13-9-22)36-29(38)19-44-35(42)23-10-14-26(15-11-23)37-32(39)30-24-16-27(21-6-4-3-5-7-21)28(17-24)31(30)33(37)40/h3-15,20,24,27-28,30-31H,16-19H2,1-2H3,(H,36,38)/t24-,27+,28+,30+,31-/m0/s1. The number of nitrogens with one attached hydrogen (secondary N) is 1. The van der Waals surface area contributed by atoms with Gasteiger partial charge in [-0.2, -0.15) is 0 Å². The fourth-order valence-electron chi connectivity index (χ4n) is 6.97. The summed E-state index contributed by atoms with van der Waals surface area (Å²) in [5.41, 5.74) is 2.64. The van der Waals surface area contributed by atoms with Gasteiger partial charge in [-0.15, -0.1) is 0 Å². The van der Waals surface area contributed by atoms with Gasteiger partial charge in [0.1, 0.15) is 0 Å². The van der Waals surface area contributed by atoms with Crippen LogP contribution < -0.4 is 10.2 Å². The van der Waals surface area contributed by atoms with Gasteiger partial charge in [0, 0.05) is 5.69 Å². The number of anilines is 2. The minimum atomic E-state index is -0.713. The topological polar surface area (TPSA) is 119 Å². The fourth-order valence-corrected chi connectivity index (χ4v) is 6.97. The lowest BCUT2D eigenvalue weighted by Crippen LogP contribution is -2.33. The van der Waals surface area contributed by atoms with E-state index >= 15 is 0 Å². The average molecular weight is 595 g/mol. The second-order valence-corrected chi connectivity index (χ2v) is 12.2. The van der Waals surface area contributed by atoms with E-state index < -0.39 is 24.5 Å². The van der Waals surface area contributed by atoms with Crippen LogP contribution in [0.25, 0.3) is 0 Å². The van der Waals surface area contributed by atoms with Crippen molar-refractivity contribution in [2.45, 2.75) is 32.6 Å². The smallest absolute Gasteiger partial charge is 0.338 e. The Bertz CT molecular complexity index is 1580. The van der Waals surface area contributed by atoms with Crippen LogP contribution in [0.15, 0.2) is 78.9 Å². The highest BCUT2D eigenvalue weighted by Gasteiger charge is 2.64. The van der Waals surface area contributed by atoms with E-state index in [1.807, 2.05) is 32.0 Å². The van der Waals surface area contributed by atoms with Gasteiger partial charge in [-0.3, -0.25) is 19.3 Å². The summed E-state index contributed by atoms with van der Waals surface area (Å²) in [6, 6.07) is 22.5. The summed E-state index contributed by atoms with van der Waals surface area (Å²) in [6.07, 6.45) is 1.82. The summed E-state index contributed by atoms with van der Waals surface area (Å²) in [5, 5.41) is 2.62. The predicted octanol–water partition coefficient (Wildman–Crippen LogP) is 5.22. The lowest BCUT2D eigenvalue weighted by Gasteiger charge is -2.28. The molecule has 0 spiro atoms. The summed E-state index contributed by atoms with van der Waals surface area (Å²) >= 11 is 0. The molecular weight excluding hydrogens is 560 g/mol. The Morgan fingerprint density at radius 1 is 0.795 bits per heavy atom. The van der Waals surface area contributed by atoms with Crippen LogP contribution in [0.1, 0.15) is 58.9 Å². The Labute approximate surface area is 255 Å². The third-order valence-corrected chi connectivity index (χ3v) is 8.89. The lowest BCUT2D eigenvalue weighted by molar-refractivity contribution is -0.123. The second kappa shape index (κ2) is 12.1. The normalized spacial score (nSPS) is 23.5. The van der Waals surface area contributed by atoms with Gasteiger partial charge in [-0.05, 0) is 90.6 Å². The molecule has 9 heteroatoms. The number of carbonyl (C=O) groups excluding carboxylic acids is 5. The van der Waals surface area contributed by atoms with Crippen LogP contribution >= 0.6 is 0 Å². The lowest BCUT2D eigenvalue weighted by atomic mass is 9.73. The SMILES string of the molecule is CC(C)COC(=O)c1ccc(NC(=O)COC(=O)c2ccc(N3C(=O)[C@@H]4[C@@H]5C[C@@H]([C@@H]4C3=O)[C@@H](c3ccccc3)C5)cc2)cc1. The number of esters is 2. The number of hydrogen-bond donors (Lipinski definition) is 1. The predicted molar refractivity (Wildman–Crippen MR) is 162 cm³/mol. The number of rotatable bonds is 9. The van der Waals surface area contributed by atoms with Gasteiger partial charge in [0.05, 0.1) is 35.3 Å². The van der Waals surface area contributed by atoms with Gasteiger partial charge < -0.3 is 14.8 Å². The molecule has 2 saturated carbocycles. The Kier molecular flexibility index (Phi) is 8.03. The van der Waals surface area contributed by atoms with E-state index in [0.29, 0.717) is 23.5 Å². The molecule has 3 fully saturated rings. The highest BCUT2D eigenvalue weighted by molar-refractivity contribution is 6.22. The number of hydrogen-bond acceptors (Lipinski definition) is 7. The molecule has 6 rings (SSSR count). The Morgan fingerprint density at radius 3 is 2.07 bits per heavy atom. The van der Waals surface area contributed by atoms with Gasteiger partial charge in [-0.25, -0.2) is 9.59 Å². The van der Waals surface area contributed by atoms with Crippen LogP contribution in [0, 0.1) is 29.6 Å². The maximum Gasteiger partial charge on any atom is 0.338 e. The van der Waals surface area contributed by atoms with Crippen molar-refractivity contribution < 1.29 is 33.4 Å². The molecule has 226 valence electrons. The molecule has 0 unspecified atom stereocenters. The zero-order chi connectivity index (χ0) is 31.0. The van der Waals surface area contributed by atoms with E-state index in [-0.39, 0.29) is 52.9 Å². The fraction of sp³-hybridized carbons (Fsp3) is 0.343. The molecule has 1 aliphatic heterocycles. The van der Waals surface area contributed by atoms with Crippen LogP contribution in [0.3, 0.4) is 0 Å². The van der Waals surface area contributed by atoms with Crippen LogP contribution in [-0.4, -0.2) is 42.9 Å². The highest BCUT2D eigenvalue weighted by Crippen LogP contribution is 2.61. The number of nitrogens with zero attached hydrogens (tertiary/aromatic N) is 1. The van der Waals surface area contributed by atoms with Crippen LogP contribution in [0.5, 0.6) is 0 Å². The Hall–Kier alpha value is -4.79. The van der Waals surface area contributed by atoms with Crippen molar-refractivity contribution in [2.24, 2.45) is 29.6 Å². The van der Waals surface area contributed by atoms with Gasteiger partial charge in [0.15, 0.2) is 6.61 Å². The molecule has 2 aliphatic carbocycles. The molecule has 44 heavy (non-hydrogen) atoms. The van der Waals surface area contributed by atoms with Gasteiger partial charge >= 0.3 is 11.9 Å². The minimum absolute atomic E-state index is 0.151. The van der Waals surface area contributed by atoms with E-state index in [9.17, 15) is 24.0 Å². The summed E-state index contributed by atoms with van der Waals surface area (Å²) in [7, 11) is 0. The zero-order valence-electron chi connectivity index (χ0n) is 24.6. The van der Waals surface area contributed by atoms with E-state index in [0.717, 1.165) is 12.8 Å². The summed E-state index contributed by atoms with van der Waals surface area (Å²) in [6.45, 7) is 3.69. The van der Waals surface area contributed by atoms with Crippen molar-refractivity contribution in [3.63, 3.8) is 0 Å². The Balaban J connectivity index is 1.03. The first-order valence-corrected chi connectivity index (χ1v) is 15.0. The molecule has 3 aliphatic rings. The Morgan fingerprint density at radius 2 is 1.41 bits per heavy atom. The molecule has 1 N–H and O–H groups in total. The number of carbonyl (C=O) groups is 5. The molecule has 5 atom stereocenters. The van der Waals surface area contributed by atoms with Crippen molar-refractivity contribution in [1.82, 2.24) is 0 Å². The van der Waals surface area contributed by atoms with Crippen molar-refractivity contribution in [2.75, 3.05) is 23.4 Å². The molecule has 2 bridgehead atoms. The molecule has 9 nitrogen and oxygen atoms in total. The average Bonchev–Trinajstić information content (AvgIpc) is 3.70. The summed E-state index contributed by atoms with van der Waals surface area (Å²) < 4.78 is 10.4. The van der Waals surface area contributed by atoms with Gasteiger partial charge in [0.25, 0.3) is 5.91 Å². The monoisotopic (exact) mass is 594 g/mol. The first-order valence-electron chi connectivity index (χ1n) is 15.0. The van der Waals surface area contributed by atoms with E-state index in [1.54, 1.807) is 36.4 Å². The first kappa shape index (κ1) is 29.3. The molecule has 0 radical (unpaired) electrons. The highest BCUT2D eigenvalue weighted by atomic mass is 16.5. The van der Waals surface area contributed by atoms with Crippen LogP contribution in [-0.2, 0) is 23.9 Å². The molecule has 0 aromatic heterocycles. The van der Waals surface area contributed by atoms with Gasteiger partial charge in [-0.1, -0.05) is 44.2 Å². The maximum atomic E-state index is 13.6. The van der Waals surface area contributed by atoms with Crippen LogP contribution in [0.2, 0.25) is 0 Å². The van der Waals surface area contributed by atoms with E-state index in [2.05, 4.69) is 17.4 Å². The van der Waals surface area contributed by atoms with Crippen molar-refractivity contribution in [1.29, 1.82) is 0 Å². The first-order chi connectivity index (χ1) is 21.2. The van der Waals surface area contributed by atoms with Crippen molar-refractivity contribution >= 4 is 41.0 Å². The number of fused-ring (bicyclic) bond motifs is 5. The third kappa shape index (κ3) is 5.62. The molecule has 1 heterocycles. The largest absolute Gasteiger partial charge is 0.462 e. The third-order valence-electron chi connectivity index (χ3n) is 8.89. The van der Waals surface area contributed by atoms with Crippen molar-refractivity contribution in [3.05, 3.63) is 95.6 Å². The summed E-state index contributed by atoms with van der Waals surface area (Å²) in [4.78, 5) is 65.3. The quantitative estimate of drug-likeness (QED) is 0.266. The van der Waals surface area contributed by atoms with Crippen LogP contribution in [0.4, 0.5) is 11.4 Å². The number of benzene rings is 3. The van der Waals surface area contributed by atoms with Crippen molar-refractivity contribution in [3.8, 4) is 0 Å². The molecule has 1 saturated heterocycles. The second-order valence-electron chi connectivity index (χ2n) is 12.2. The maximum absolute atomic E-state index is 13.6. The van der Waals surface area contributed by atoms with Gasteiger partial charge in [0.2, 0.25) is 11.8 Å². The van der Waals surface area contributed by atoms with E-state index in [1.165, 1.54) is 22.6 Å². The number of ether oxygens (including phenoxy) is 2. The molecule has 3 aromatic rings. The van der Waals surface area contributed by atoms with E-state index in [4.69, 9.17) is 9.47 Å². The molecular formula is C35H34N2O7. The summed E-state index contributed by atoms with van der Waals surface area (Å²) in [5.74, 6) is -1.78. The number of amides is 3. The minimum Gasteiger partial charge on any atom is -0.462 e. The zero-order valence-corrected chi connectivity index (χ0v) is 24.6. The number of imide groups is 1.